The van der Waals surface area contributed by atoms with Crippen molar-refractivity contribution in [2.75, 3.05) is 0 Å². The fraction of sp³-hybridized carbons (Fsp3) is 0.600. The Hall–Kier alpha value is -1.38. The number of Topliss-reactive ketones (excluding diaryl/α,β-unsaturated/α-hetero) is 1. The first-order valence-electron chi connectivity index (χ1n) is 6.69. The molecule has 0 spiro atoms. The Kier molecular flexibility index (Phi) is 2.47. The van der Waals surface area contributed by atoms with Gasteiger partial charge in [0.05, 0.1) is 5.92 Å². The van der Waals surface area contributed by atoms with Crippen LogP contribution in [0.1, 0.15) is 40.0 Å². The van der Waals surface area contributed by atoms with E-state index in [1.165, 1.54) is 5.57 Å². The second-order valence-corrected chi connectivity index (χ2v) is 5.82. The molecule has 3 rings (SSSR count). The van der Waals surface area contributed by atoms with Gasteiger partial charge in [-0.3, -0.25) is 9.59 Å². The Labute approximate surface area is 107 Å². The van der Waals surface area contributed by atoms with E-state index in [4.69, 9.17) is 4.74 Å². The zero-order valence-corrected chi connectivity index (χ0v) is 11.1. The van der Waals surface area contributed by atoms with Crippen LogP contribution in [0, 0.1) is 17.8 Å². The highest BCUT2D eigenvalue weighted by Gasteiger charge is 2.45. The van der Waals surface area contributed by atoms with Gasteiger partial charge in [-0.25, -0.2) is 0 Å². The van der Waals surface area contributed by atoms with Crippen LogP contribution in [0.4, 0.5) is 0 Å². The summed E-state index contributed by atoms with van der Waals surface area (Å²) in [5, 5.41) is 0. The first kappa shape index (κ1) is 11.7. The van der Waals surface area contributed by atoms with Gasteiger partial charge in [-0.2, -0.15) is 0 Å². The summed E-state index contributed by atoms with van der Waals surface area (Å²) in [5.74, 6) is 1.19. The van der Waals surface area contributed by atoms with Crippen LogP contribution in [0.5, 0.6) is 0 Å². The van der Waals surface area contributed by atoms with Crippen molar-refractivity contribution in [3.8, 4) is 0 Å². The predicted molar refractivity (Wildman–Crippen MR) is 66.5 cm³/mol. The van der Waals surface area contributed by atoms with Crippen molar-refractivity contribution in [3.05, 3.63) is 22.5 Å². The molecule has 0 radical (unpaired) electrons. The standard InChI is InChI=1S/C15H18O3/c1-7-4-5-10-9(3)15(17)18-14(10)13-8(2)6-11(16)12(7)13/h8-10H,4-6H2,1-3H3. The number of allylic oxidation sites excluding steroid dienone is 4. The van der Waals surface area contributed by atoms with Gasteiger partial charge < -0.3 is 4.74 Å². The lowest BCUT2D eigenvalue weighted by atomic mass is 9.88. The highest BCUT2D eigenvalue weighted by atomic mass is 16.5. The van der Waals surface area contributed by atoms with Gasteiger partial charge in [0.2, 0.25) is 0 Å². The minimum absolute atomic E-state index is 0.0671. The minimum Gasteiger partial charge on any atom is -0.430 e. The second-order valence-electron chi connectivity index (χ2n) is 5.82. The second kappa shape index (κ2) is 3.81. The third-order valence-electron chi connectivity index (χ3n) is 4.58. The highest BCUT2D eigenvalue weighted by molar-refractivity contribution is 6.04. The topological polar surface area (TPSA) is 43.4 Å². The van der Waals surface area contributed by atoms with E-state index >= 15 is 0 Å². The maximum Gasteiger partial charge on any atom is 0.314 e. The normalized spacial score (nSPS) is 35.6. The van der Waals surface area contributed by atoms with Crippen LogP contribution in [0.15, 0.2) is 22.5 Å². The van der Waals surface area contributed by atoms with Crippen molar-refractivity contribution < 1.29 is 14.3 Å². The van der Waals surface area contributed by atoms with Crippen molar-refractivity contribution in [1.29, 1.82) is 0 Å². The average Bonchev–Trinajstić information content (AvgIpc) is 2.68. The van der Waals surface area contributed by atoms with Crippen LogP contribution in [0.25, 0.3) is 0 Å². The van der Waals surface area contributed by atoms with E-state index in [2.05, 4.69) is 6.92 Å². The number of carbonyl (C=O) groups excluding carboxylic acids is 2. The van der Waals surface area contributed by atoms with Gasteiger partial charge in [0.15, 0.2) is 5.78 Å². The number of ketones is 1. The Bertz CT molecular complexity index is 510. The first-order chi connectivity index (χ1) is 8.50. The van der Waals surface area contributed by atoms with Crippen LogP contribution in [0.2, 0.25) is 0 Å². The maximum atomic E-state index is 12.1. The van der Waals surface area contributed by atoms with Gasteiger partial charge in [-0.15, -0.1) is 0 Å². The molecule has 18 heavy (non-hydrogen) atoms. The van der Waals surface area contributed by atoms with E-state index in [1.807, 2.05) is 13.8 Å². The van der Waals surface area contributed by atoms with Crippen LogP contribution in [-0.2, 0) is 14.3 Å². The Morgan fingerprint density at radius 1 is 1.22 bits per heavy atom. The van der Waals surface area contributed by atoms with Gasteiger partial charge in [0.25, 0.3) is 0 Å². The summed E-state index contributed by atoms with van der Waals surface area (Å²) in [6.07, 6.45) is 2.37. The number of ether oxygens (including phenoxy) is 1. The average molecular weight is 246 g/mol. The molecule has 2 fully saturated rings. The summed E-state index contributed by atoms with van der Waals surface area (Å²) >= 11 is 0. The first-order valence-corrected chi connectivity index (χ1v) is 6.69. The molecule has 3 aliphatic rings. The van der Waals surface area contributed by atoms with Crippen molar-refractivity contribution in [2.24, 2.45) is 17.8 Å². The Balaban J connectivity index is 2.20. The number of esters is 1. The zero-order valence-electron chi connectivity index (χ0n) is 11.1. The van der Waals surface area contributed by atoms with Crippen LogP contribution < -0.4 is 0 Å². The molecule has 0 aromatic rings. The molecular weight excluding hydrogens is 228 g/mol. The molecule has 96 valence electrons. The van der Waals surface area contributed by atoms with E-state index < -0.39 is 0 Å². The molecule has 3 atom stereocenters. The number of carbonyl (C=O) groups is 2. The SMILES string of the molecule is CC1=C2C(=O)CC(C)C2=C2OC(=O)C(C)C2CC1. The Morgan fingerprint density at radius 2 is 1.94 bits per heavy atom. The quantitative estimate of drug-likeness (QED) is 0.617. The maximum absolute atomic E-state index is 12.1. The molecule has 1 saturated heterocycles. The number of hydrogen-bond acceptors (Lipinski definition) is 3. The zero-order chi connectivity index (χ0) is 13.0. The molecular formula is C15H18O3. The molecule has 0 aromatic carbocycles. The van der Waals surface area contributed by atoms with Gasteiger partial charge >= 0.3 is 5.97 Å². The summed E-state index contributed by atoms with van der Waals surface area (Å²) in [4.78, 5) is 23.9. The van der Waals surface area contributed by atoms with Crippen LogP contribution in [-0.4, -0.2) is 11.8 Å². The smallest absolute Gasteiger partial charge is 0.314 e. The molecule has 3 nitrogen and oxygen atoms in total. The molecule has 1 saturated carbocycles. The van der Waals surface area contributed by atoms with Crippen molar-refractivity contribution in [1.82, 2.24) is 0 Å². The summed E-state index contributed by atoms with van der Waals surface area (Å²) < 4.78 is 5.49. The third kappa shape index (κ3) is 1.43. The van der Waals surface area contributed by atoms with Crippen molar-refractivity contribution in [2.45, 2.75) is 40.0 Å². The summed E-state index contributed by atoms with van der Waals surface area (Å²) in [6, 6.07) is 0. The van der Waals surface area contributed by atoms with Gasteiger partial charge in [0, 0.05) is 23.5 Å². The van der Waals surface area contributed by atoms with Gasteiger partial charge in [-0.05, 0) is 25.7 Å². The molecule has 3 unspecified atom stereocenters. The van der Waals surface area contributed by atoms with Gasteiger partial charge in [0.1, 0.15) is 5.76 Å². The monoisotopic (exact) mass is 246 g/mol. The molecule has 0 amide bonds. The van der Waals surface area contributed by atoms with Crippen molar-refractivity contribution >= 4 is 11.8 Å². The lowest BCUT2D eigenvalue weighted by Crippen LogP contribution is -2.11. The number of fused-ring (bicyclic) bond motifs is 2. The van der Waals surface area contributed by atoms with E-state index in [9.17, 15) is 9.59 Å². The molecule has 3 heteroatoms. The van der Waals surface area contributed by atoms with E-state index in [0.29, 0.717) is 6.42 Å². The Morgan fingerprint density at radius 3 is 2.67 bits per heavy atom. The van der Waals surface area contributed by atoms with E-state index in [1.54, 1.807) is 0 Å². The fourth-order valence-electron chi connectivity index (χ4n) is 3.51. The third-order valence-corrected chi connectivity index (χ3v) is 4.58. The molecule has 0 bridgehead atoms. The predicted octanol–water partition coefficient (Wildman–Crippen LogP) is 2.77. The van der Waals surface area contributed by atoms with Crippen molar-refractivity contribution in [3.63, 3.8) is 0 Å². The summed E-state index contributed by atoms with van der Waals surface area (Å²) in [6.45, 7) is 6.03. The fourth-order valence-corrected chi connectivity index (χ4v) is 3.51. The van der Waals surface area contributed by atoms with Gasteiger partial charge in [-0.1, -0.05) is 19.4 Å². The highest BCUT2D eigenvalue weighted by Crippen LogP contribution is 2.48. The lowest BCUT2D eigenvalue weighted by molar-refractivity contribution is -0.138. The summed E-state index contributed by atoms with van der Waals surface area (Å²) in [7, 11) is 0. The number of rotatable bonds is 0. The van der Waals surface area contributed by atoms with Crippen LogP contribution in [0.3, 0.4) is 0 Å². The van der Waals surface area contributed by atoms with E-state index in [0.717, 1.165) is 29.7 Å². The summed E-state index contributed by atoms with van der Waals surface area (Å²) in [5.41, 5.74) is 3.06. The lowest BCUT2D eigenvalue weighted by Gasteiger charge is -2.13. The molecule has 2 aliphatic carbocycles. The number of hydrogen-bond donors (Lipinski definition) is 0. The molecule has 0 aromatic heterocycles. The van der Waals surface area contributed by atoms with Crippen LogP contribution >= 0.6 is 0 Å². The largest absolute Gasteiger partial charge is 0.430 e. The molecule has 1 heterocycles. The minimum atomic E-state index is -0.132. The van der Waals surface area contributed by atoms with E-state index in [-0.39, 0.29) is 29.5 Å². The molecule has 0 N–H and O–H groups in total. The molecule has 1 aliphatic heterocycles.